The van der Waals surface area contributed by atoms with Crippen molar-refractivity contribution in [3.8, 4) is 0 Å². The molecule has 0 bridgehead atoms. The van der Waals surface area contributed by atoms with Crippen LogP contribution in [0.5, 0.6) is 0 Å². The molecule has 0 aromatic heterocycles. The van der Waals surface area contributed by atoms with E-state index in [4.69, 9.17) is 18.0 Å². The van der Waals surface area contributed by atoms with E-state index in [0.717, 1.165) is 32.1 Å². The molecule has 1 aliphatic rings. The van der Waals surface area contributed by atoms with Crippen LogP contribution in [0, 0.1) is 11.8 Å². The first-order valence-electron chi connectivity index (χ1n) is 19.0. The highest BCUT2D eigenvalue weighted by atomic mass is 28.4. The lowest BCUT2D eigenvalue weighted by atomic mass is 9.89. The van der Waals surface area contributed by atoms with Gasteiger partial charge in [0.1, 0.15) is 0 Å². The van der Waals surface area contributed by atoms with Gasteiger partial charge in [-0.1, -0.05) is 118 Å². The number of methoxy groups -OCH3 is 1. The molecule has 0 amide bonds. The van der Waals surface area contributed by atoms with E-state index in [0.29, 0.717) is 12.8 Å². The third-order valence-electron chi connectivity index (χ3n) is 11.7. The predicted octanol–water partition coefficient (Wildman–Crippen LogP) is 12.6. The van der Waals surface area contributed by atoms with E-state index < -0.39 is 25.0 Å². The Morgan fingerprint density at radius 2 is 1.27 bits per heavy atom. The second kappa shape index (κ2) is 19.2. The quantitative estimate of drug-likeness (QED) is 0.0797. The van der Waals surface area contributed by atoms with Gasteiger partial charge in [-0.15, -0.1) is 0 Å². The predicted molar refractivity (Wildman–Crippen MR) is 220 cm³/mol. The Hall–Kier alpha value is -1.04. The Balaban J connectivity index is 3.67. The van der Waals surface area contributed by atoms with Gasteiger partial charge < -0.3 is 18.0 Å². The number of carbonyl (C=O) groups excluding carboxylic acids is 1. The zero-order valence-corrected chi connectivity index (χ0v) is 38.0. The van der Waals surface area contributed by atoms with E-state index in [9.17, 15) is 4.79 Å². The van der Waals surface area contributed by atoms with Crippen molar-refractivity contribution in [3.05, 3.63) is 48.6 Å². The molecule has 0 heterocycles. The maximum atomic E-state index is 11.8. The first kappa shape index (κ1) is 46.0. The summed E-state index contributed by atoms with van der Waals surface area (Å²) in [6.45, 7) is 37.3. The highest BCUT2D eigenvalue weighted by molar-refractivity contribution is 6.75. The van der Waals surface area contributed by atoms with E-state index in [-0.39, 0.29) is 51.2 Å². The number of esters is 1. The van der Waals surface area contributed by atoms with Crippen molar-refractivity contribution >= 4 is 30.9 Å². The Morgan fingerprint density at radius 3 is 1.78 bits per heavy atom. The van der Waals surface area contributed by atoms with Crippen LogP contribution in [-0.4, -0.2) is 56.3 Å². The Morgan fingerprint density at radius 1 is 0.735 bits per heavy atom. The average molecular weight is 735 g/mol. The maximum absolute atomic E-state index is 11.8. The van der Waals surface area contributed by atoms with Crippen molar-refractivity contribution in [1.29, 1.82) is 0 Å². The number of hydrogen-bond donors (Lipinski definition) is 0. The fraction of sp³-hybridized carbons (Fsp3) is 0.780. The van der Waals surface area contributed by atoms with Gasteiger partial charge in [0, 0.05) is 12.3 Å². The van der Waals surface area contributed by atoms with Gasteiger partial charge in [0.05, 0.1) is 25.4 Å². The number of allylic oxidation sites excluding steroid dienone is 5. The van der Waals surface area contributed by atoms with Crippen LogP contribution in [0.15, 0.2) is 48.6 Å². The second-order valence-electron chi connectivity index (χ2n) is 18.8. The fourth-order valence-electron chi connectivity index (χ4n) is 5.35. The average Bonchev–Trinajstić information content (AvgIpc) is 3.24. The molecular weight excluding hydrogens is 657 g/mol. The van der Waals surface area contributed by atoms with Crippen LogP contribution < -0.4 is 0 Å². The van der Waals surface area contributed by atoms with Crippen LogP contribution in [0.4, 0.5) is 0 Å². The molecule has 5 nitrogen and oxygen atoms in total. The number of rotatable bonds is 18. The van der Waals surface area contributed by atoms with E-state index in [1.807, 2.05) is 0 Å². The van der Waals surface area contributed by atoms with Gasteiger partial charge in [-0.25, -0.2) is 0 Å². The topological polar surface area (TPSA) is 54.0 Å². The lowest BCUT2D eigenvalue weighted by Crippen LogP contribution is -2.45. The molecule has 0 saturated heterocycles. The molecule has 1 unspecified atom stereocenters. The van der Waals surface area contributed by atoms with Gasteiger partial charge >= 0.3 is 5.97 Å². The van der Waals surface area contributed by atoms with Crippen molar-refractivity contribution in [2.45, 2.75) is 187 Å². The lowest BCUT2D eigenvalue weighted by Gasteiger charge is -2.40. The number of carbonyl (C=O) groups is 1. The Kier molecular flexibility index (Phi) is 18.0. The first-order chi connectivity index (χ1) is 22.3. The van der Waals surface area contributed by atoms with Crippen LogP contribution in [0.25, 0.3) is 0 Å². The van der Waals surface area contributed by atoms with Crippen LogP contribution in [0.1, 0.15) is 114 Å². The third kappa shape index (κ3) is 14.8. The fourth-order valence-corrected chi connectivity index (χ4v) is 9.38. The molecule has 5 atom stereocenters. The molecule has 1 fully saturated rings. The number of hydrogen-bond acceptors (Lipinski definition) is 5. The van der Waals surface area contributed by atoms with Crippen LogP contribution in [0.2, 0.25) is 54.4 Å². The SMILES string of the molecule is CC/C=C\C/C=C\CC(/C=C/[C@@H]1[C@H](C/C=C\CCC(=O)OC)[C@@H](O[Si](C)(C)C(C)(C)C)C[C@H]1O[Si](C)(C)C(C)(C)C)O[Si](C)(C)C(C)(C)C. The van der Waals surface area contributed by atoms with Crippen molar-refractivity contribution in [2.75, 3.05) is 7.11 Å². The summed E-state index contributed by atoms with van der Waals surface area (Å²) in [5.74, 6) is 0.283. The summed E-state index contributed by atoms with van der Waals surface area (Å²) in [7, 11) is -4.70. The normalized spacial score (nSPS) is 22.7. The largest absolute Gasteiger partial charge is 0.469 e. The van der Waals surface area contributed by atoms with Gasteiger partial charge in [0.15, 0.2) is 25.0 Å². The van der Waals surface area contributed by atoms with E-state index in [1.165, 1.54) is 7.11 Å². The van der Waals surface area contributed by atoms with Crippen LogP contribution in [-0.2, 0) is 22.8 Å². The summed E-state index contributed by atoms with van der Waals surface area (Å²) in [4.78, 5) is 11.8. The molecule has 0 aliphatic heterocycles. The van der Waals surface area contributed by atoms with Crippen molar-refractivity contribution in [1.82, 2.24) is 0 Å². The molecule has 0 radical (unpaired) electrons. The van der Waals surface area contributed by atoms with Crippen LogP contribution in [0.3, 0.4) is 0 Å². The highest BCUT2D eigenvalue weighted by Gasteiger charge is 2.50. The standard InChI is InChI=1S/C41H78O5Si3/c1-18-19-20-21-22-24-27-33(44-47(12,13)39(2,3)4)30-31-35-34(28-25-23-26-29-38(42)43-11)36(45-48(14,15)40(5,6)7)32-37(35)46-49(16,17)41(8,9)10/h19-20,22-25,30-31,33-37H,18,21,26-29,32H2,1-17H3/b20-19-,24-22-,25-23-,31-30+/t33?,34-,35+,36-,37+/m0/s1. The van der Waals surface area contributed by atoms with Crippen molar-refractivity contribution < 1.29 is 22.8 Å². The summed E-state index contributed by atoms with van der Waals surface area (Å²) in [6.07, 6.45) is 24.1. The molecule has 8 heteroatoms. The van der Waals surface area contributed by atoms with E-state index in [2.05, 4.69) is 157 Å². The van der Waals surface area contributed by atoms with Gasteiger partial charge in [-0.2, -0.15) is 0 Å². The molecule has 0 aromatic rings. The van der Waals surface area contributed by atoms with Crippen molar-refractivity contribution in [3.63, 3.8) is 0 Å². The van der Waals surface area contributed by atoms with E-state index >= 15 is 0 Å². The molecular formula is C41H78O5Si3. The number of ether oxygens (including phenoxy) is 1. The zero-order valence-electron chi connectivity index (χ0n) is 35.0. The molecule has 49 heavy (non-hydrogen) atoms. The van der Waals surface area contributed by atoms with Gasteiger partial charge in [-0.3, -0.25) is 4.79 Å². The zero-order chi connectivity index (χ0) is 37.9. The summed E-state index contributed by atoms with van der Waals surface area (Å²) >= 11 is 0. The molecule has 1 saturated carbocycles. The van der Waals surface area contributed by atoms with Gasteiger partial charge in [-0.05, 0) is 98.8 Å². The third-order valence-corrected chi connectivity index (χ3v) is 25.2. The monoisotopic (exact) mass is 735 g/mol. The minimum absolute atomic E-state index is 0.00238. The minimum Gasteiger partial charge on any atom is -0.469 e. The first-order valence-corrected chi connectivity index (χ1v) is 27.8. The molecule has 0 spiro atoms. The van der Waals surface area contributed by atoms with Gasteiger partial charge in [0.2, 0.25) is 0 Å². The molecule has 1 rings (SSSR count). The Labute approximate surface area is 307 Å². The van der Waals surface area contributed by atoms with Crippen molar-refractivity contribution in [2.24, 2.45) is 11.8 Å². The second-order valence-corrected chi connectivity index (χ2v) is 33.0. The van der Waals surface area contributed by atoms with E-state index in [1.54, 1.807) is 0 Å². The maximum Gasteiger partial charge on any atom is 0.305 e. The van der Waals surface area contributed by atoms with Crippen LogP contribution >= 0.6 is 0 Å². The summed E-state index contributed by atoms with van der Waals surface area (Å²) in [6, 6.07) is 0. The molecule has 0 N–H and O–H groups in total. The molecule has 284 valence electrons. The summed E-state index contributed by atoms with van der Waals surface area (Å²) in [5.41, 5.74) is 0. The summed E-state index contributed by atoms with van der Waals surface area (Å²) < 4.78 is 26.6. The molecule has 0 aromatic carbocycles. The minimum atomic E-state index is -2.07. The smallest absolute Gasteiger partial charge is 0.305 e. The Bertz CT molecular complexity index is 1120. The lowest BCUT2D eigenvalue weighted by molar-refractivity contribution is -0.140. The van der Waals surface area contributed by atoms with Gasteiger partial charge in [0.25, 0.3) is 0 Å². The summed E-state index contributed by atoms with van der Waals surface area (Å²) in [5, 5.41) is 0.333. The molecule has 1 aliphatic carbocycles. The highest BCUT2D eigenvalue weighted by Crippen LogP contribution is 2.48.